The maximum absolute atomic E-state index is 12.1. The largest absolute Gasteiger partial charge is 0.384 e. The minimum atomic E-state index is -0.0643. The molecule has 4 heteroatoms. The minimum absolute atomic E-state index is 0.0643. The Morgan fingerprint density at radius 1 is 1.25 bits per heavy atom. The monoisotopic (exact) mass is 277 g/mol. The lowest BCUT2D eigenvalue weighted by Gasteiger charge is -2.10. The molecule has 0 atom stereocenters. The second-order valence-electron chi connectivity index (χ2n) is 6.01. The van der Waals surface area contributed by atoms with Gasteiger partial charge >= 0.3 is 0 Å². The average molecular weight is 277 g/mol. The molecule has 0 saturated heterocycles. The Bertz CT molecular complexity index is 441. The van der Waals surface area contributed by atoms with Crippen LogP contribution in [0.1, 0.15) is 68.9 Å². The summed E-state index contributed by atoms with van der Waals surface area (Å²) in [7, 11) is 0. The minimum Gasteiger partial charge on any atom is -0.384 e. The van der Waals surface area contributed by atoms with Gasteiger partial charge in [-0.3, -0.25) is 4.79 Å². The summed E-state index contributed by atoms with van der Waals surface area (Å²) < 4.78 is 0. The van der Waals surface area contributed by atoms with Crippen molar-refractivity contribution in [1.29, 1.82) is 0 Å². The molecule has 0 aromatic carbocycles. The van der Waals surface area contributed by atoms with Gasteiger partial charge in [0.25, 0.3) is 5.91 Å². The first-order valence-corrected chi connectivity index (χ1v) is 7.45. The first-order chi connectivity index (χ1) is 9.40. The molecule has 1 heterocycles. The third kappa shape index (κ3) is 5.59. The predicted octanol–water partition coefficient (Wildman–Crippen LogP) is 3.34. The molecule has 0 radical (unpaired) electrons. The van der Waals surface area contributed by atoms with Crippen molar-refractivity contribution in [3.63, 3.8) is 0 Å². The van der Waals surface area contributed by atoms with Crippen LogP contribution in [0, 0.1) is 5.92 Å². The molecule has 20 heavy (non-hydrogen) atoms. The highest BCUT2D eigenvalue weighted by molar-refractivity contribution is 5.94. The molecule has 1 rings (SSSR count). The van der Waals surface area contributed by atoms with Crippen molar-refractivity contribution in [3.05, 3.63) is 23.4 Å². The van der Waals surface area contributed by atoms with Crippen LogP contribution >= 0.6 is 0 Å². The van der Waals surface area contributed by atoms with Gasteiger partial charge in [0.1, 0.15) is 5.82 Å². The standard InChI is InChI=1S/C16H27N3O/c1-11(2)7-5-6-8-18-16(20)13-9-14(12(3)4)19-15(17)10-13/h9-12H,5-8H2,1-4H3,(H2,17,19)(H,18,20). The Morgan fingerprint density at radius 3 is 2.55 bits per heavy atom. The van der Waals surface area contributed by atoms with E-state index in [9.17, 15) is 4.79 Å². The van der Waals surface area contributed by atoms with Gasteiger partial charge in [-0.1, -0.05) is 40.5 Å². The normalized spacial score (nSPS) is 11.1. The molecule has 0 bridgehead atoms. The van der Waals surface area contributed by atoms with Gasteiger partial charge in [0.2, 0.25) is 0 Å². The Morgan fingerprint density at radius 2 is 1.95 bits per heavy atom. The number of nitrogens with one attached hydrogen (secondary N) is 1. The molecule has 0 saturated carbocycles. The molecule has 1 amide bonds. The van der Waals surface area contributed by atoms with Gasteiger partial charge < -0.3 is 11.1 Å². The number of carbonyl (C=O) groups excluding carboxylic acids is 1. The molecule has 112 valence electrons. The number of amides is 1. The summed E-state index contributed by atoms with van der Waals surface area (Å²) in [5, 5.41) is 2.94. The number of rotatable bonds is 7. The van der Waals surface area contributed by atoms with Crippen molar-refractivity contribution in [2.75, 3.05) is 12.3 Å². The third-order valence-electron chi connectivity index (χ3n) is 3.21. The van der Waals surface area contributed by atoms with E-state index in [1.54, 1.807) is 6.07 Å². The van der Waals surface area contributed by atoms with Gasteiger partial charge in [-0.05, 0) is 30.4 Å². The number of aromatic nitrogens is 1. The quantitative estimate of drug-likeness (QED) is 0.751. The van der Waals surface area contributed by atoms with Crippen LogP contribution in [-0.4, -0.2) is 17.4 Å². The lowest BCUT2D eigenvalue weighted by Crippen LogP contribution is -2.25. The number of pyridine rings is 1. The predicted molar refractivity (Wildman–Crippen MR) is 83.8 cm³/mol. The second kappa shape index (κ2) is 7.88. The van der Waals surface area contributed by atoms with Gasteiger partial charge in [0, 0.05) is 17.8 Å². The Hall–Kier alpha value is -1.58. The topological polar surface area (TPSA) is 68.0 Å². The fraction of sp³-hybridized carbons (Fsp3) is 0.625. The molecule has 3 N–H and O–H groups in total. The zero-order valence-corrected chi connectivity index (χ0v) is 13.1. The molecule has 0 aliphatic heterocycles. The smallest absolute Gasteiger partial charge is 0.251 e. The van der Waals surface area contributed by atoms with E-state index in [4.69, 9.17) is 5.73 Å². The molecular formula is C16H27N3O. The molecule has 0 spiro atoms. The van der Waals surface area contributed by atoms with E-state index in [1.807, 2.05) is 19.9 Å². The molecule has 0 unspecified atom stereocenters. The van der Waals surface area contributed by atoms with Crippen LogP contribution in [0.15, 0.2) is 12.1 Å². The summed E-state index contributed by atoms with van der Waals surface area (Å²) in [6.45, 7) is 9.22. The molecule has 0 fully saturated rings. The van der Waals surface area contributed by atoms with E-state index < -0.39 is 0 Å². The van der Waals surface area contributed by atoms with Crippen LogP contribution in [0.4, 0.5) is 5.82 Å². The van der Waals surface area contributed by atoms with Gasteiger partial charge in [-0.2, -0.15) is 0 Å². The van der Waals surface area contributed by atoms with Crippen LogP contribution in [0.2, 0.25) is 0 Å². The van der Waals surface area contributed by atoms with E-state index >= 15 is 0 Å². The van der Waals surface area contributed by atoms with Crippen molar-refractivity contribution in [2.45, 2.75) is 52.9 Å². The second-order valence-corrected chi connectivity index (χ2v) is 6.01. The molecule has 4 nitrogen and oxygen atoms in total. The number of carbonyl (C=O) groups is 1. The van der Waals surface area contributed by atoms with Crippen molar-refractivity contribution in [1.82, 2.24) is 10.3 Å². The SMILES string of the molecule is CC(C)CCCCNC(=O)c1cc(N)nc(C(C)C)c1. The van der Waals surface area contributed by atoms with E-state index in [2.05, 4.69) is 24.1 Å². The maximum Gasteiger partial charge on any atom is 0.251 e. The number of hydrogen-bond donors (Lipinski definition) is 2. The van der Waals surface area contributed by atoms with E-state index in [1.165, 1.54) is 6.42 Å². The fourth-order valence-corrected chi connectivity index (χ4v) is 1.98. The summed E-state index contributed by atoms with van der Waals surface area (Å²) in [4.78, 5) is 16.3. The summed E-state index contributed by atoms with van der Waals surface area (Å²) in [5.74, 6) is 1.32. The molecule has 0 aliphatic carbocycles. The highest BCUT2D eigenvalue weighted by Gasteiger charge is 2.10. The molecular weight excluding hydrogens is 250 g/mol. The van der Waals surface area contributed by atoms with Gasteiger partial charge in [-0.25, -0.2) is 4.98 Å². The number of nitrogens with two attached hydrogens (primary N) is 1. The number of anilines is 1. The van der Waals surface area contributed by atoms with Crippen LogP contribution < -0.4 is 11.1 Å². The van der Waals surface area contributed by atoms with Gasteiger partial charge in [0.15, 0.2) is 0 Å². The van der Waals surface area contributed by atoms with Crippen molar-refractivity contribution in [3.8, 4) is 0 Å². The summed E-state index contributed by atoms with van der Waals surface area (Å²) >= 11 is 0. The van der Waals surface area contributed by atoms with E-state index in [0.29, 0.717) is 17.9 Å². The zero-order chi connectivity index (χ0) is 15.1. The Balaban J connectivity index is 2.51. The lowest BCUT2D eigenvalue weighted by atomic mass is 10.1. The molecule has 0 aliphatic rings. The Labute approximate surface area is 122 Å². The van der Waals surface area contributed by atoms with Crippen LogP contribution in [0.3, 0.4) is 0 Å². The van der Waals surface area contributed by atoms with Crippen molar-refractivity contribution in [2.24, 2.45) is 5.92 Å². The zero-order valence-electron chi connectivity index (χ0n) is 13.1. The highest BCUT2D eigenvalue weighted by Crippen LogP contribution is 2.16. The maximum atomic E-state index is 12.1. The molecule has 1 aromatic heterocycles. The van der Waals surface area contributed by atoms with Crippen LogP contribution in [-0.2, 0) is 0 Å². The van der Waals surface area contributed by atoms with Crippen LogP contribution in [0.25, 0.3) is 0 Å². The fourth-order valence-electron chi connectivity index (χ4n) is 1.98. The third-order valence-corrected chi connectivity index (χ3v) is 3.21. The van der Waals surface area contributed by atoms with E-state index in [-0.39, 0.29) is 11.8 Å². The number of nitrogens with zero attached hydrogens (tertiary/aromatic N) is 1. The Kier molecular flexibility index (Phi) is 6.49. The van der Waals surface area contributed by atoms with Gasteiger partial charge in [0.05, 0.1) is 0 Å². The van der Waals surface area contributed by atoms with Crippen LogP contribution in [0.5, 0.6) is 0 Å². The first kappa shape index (κ1) is 16.5. The van der Waals surface area contributed by atoms with Gasteiger partial charge in [-0.15, -0.1) is 0 Å². The number of nitrogen functional groups attached to an aromatic ring is 1. The summed E-state index contributed by atoms with van der Waals surface area (Å²) in [6, 6.07) is 3.46. The van der Waals surface area contributed by atoms with Crippen molar-refractivity contribution >= 4 is 11.7 Å². The summed E-state index contributed by atoms with van der Waals surface area (Å²) in [5.41, 5.74) is 7.21. The van der Waals surface area contributed by atoms with E-state index in [0.717, 1.165) is 24.5 Å². The first-order valence-electron chi connectivity index (χ1n) is 7.45. The lowest BCUT2D eigenvalue weighted by molar-refractivity contribution is 0.0952. The number of hydrogen-bond acceptors (Lipinski definition) is 3. The highest BCUT2D eigenvalue weighted by atomic mass is 16.1. The average Bonchev–Trinajstić information content (AvgIpc) is 2.36. The number of unbranched alkanes of at least 4 members (excludes halogenated alkanes) is 1. The van der Waals surface area contributed by atoms with Crippen molar-refractivity contribution < 1.29 is 4.79 Å². The molecule has 1 aromatic rings. The summed E-state index contributed by atoms with van der Waals surface area (Å²) in [6.07, 6.45) is 3.37.